The highest BCUT2D eigenvalue weighted by molar-refractivity contribution is 6.00. The quantitative estimate of drug-likeness (QED) is 0.790. The average Bonchev–Trinajstić information content (AvgIpc) is 2.72. The van der Waals surface area contributed by atoms with Gasteiger partial charge >= 0.3 is 6.18 Å². The topological polar surface area (TPSA) is 44.8 Å². The van der Waals surface area contributed by atoms with Crippen molar-refractivity contribution in [3.8, 4) is 0 Å². The molecule has 0 atom stereocenters. The Kier molecular flexibility index (Phi) is 6.76. The molecule has 2 aromatic rings. The number of halogens is 3. The summed E-state index contributed by atoms with van der Waals surface area (Å²) in [4.78, 5) is 17.0. The summed E-state index contributed by atoms with van der Waals surface area (Å²) in [6.45, 7) is 4.20. The number of ether oxygens (including phenoxy) is 1. The Morgan fingerprint density at radius 2 is 1.79 bits per heavy atom. The minimum Gasteiger partial charge on any atom is -0.383 e. The number of benzene rings is 2. The van der Waals surface area contributed by atoms with Crippen molar-refractivity contribution in [3.05, 3.63) is 59.7 Å². The first-order valence-electron chi connectivity index (χ1n) is 9.42. The van der Waals surface area contributed by atoms with Crippen molar-refractivity contribution in [2.24, 2.45) is 0 Å². The zero-order chi connectivity index (χ0) is 20.9. The molecule has 3 rings (SSSR count). The Morgan fingerprint density at radius 3 is 2.48 bits per heavy atom. The molecule has 0 aromatic heterocycles. The molecule has 0 radical (unpaired) electrons. The van der Waals surface area contributed by atoms with Gasteiger partial charge in [0, 0.05) is 45.5 Å². The number of rotatable bonds is 6. The number of nitrogens with one attached hydrogen (secondary N) is 1. The van der Waals surface area contributed by atoms with Gasteiger partial charge < -0.3 is 15.0 Å². The summed E-state index contributed by atoms with van der Waals surface area (Å²) in [5.74, 6) is -0.133. The molecule has 1 aliphatic rings. The van der Waals surface area contributed by atoms with Gasteiger partial charge in [-0.15, -0.1) is 0 Å². The highest BCUT2D eigenvalue weighted by Crippen LogP contribution is 2.32. The molecule has 1 N–H and O–H groups in total. The van der Waals surface area contributed by atoms with Gasteiger partial charge in [0.2, 0.25) is 0 Å². The zero-order valence-electron chi connectivity index (χ0n) is 16.2. The van der Waals surface area contributed by atoms with E-state index < -0.39 is 11.7 Å². The smallest absolute Gasteiger partial charge is 0.383 e. The Hall–Kier alpha value is -2.58. The molecule has 8 heteroatoms. The van der Waals surface area contributed by atoms with Gasteiger partial charge in [0.1, 0.15) is 0 Å². The van der Waals surface area contributed by atoms with Gasteiger partial charge in [0.25, 0.3) is 5.91 Å². The Bertz CT molecular complexity index is 834. The third kappa shape index (κ3) is 5.48. The van der Waals surface area contributed by atoms with Crippen LogP contribution >= 0.6 is 0 Å². The van der Waals surface area contributed by atoms with Crippen molar-refractivity contribution in [2.45, 2.75) is 6.18 Å². The molecule has 2 aromatic carbocycles. The molecule has 0 bridgehead atoms. The maximum Gasteiger partial charge on any atom is 0.416 e. The van der Waals surface area contributed by atoms with E-state index in [1.807, 2.05) is 0 Å². The molecule has 0 spiro atoms. The fraction of sp³-hybridized carbons (Fsp3) is 0.381. The van der Waals surface area contributed by atoms with Crippen LogP contribution in [0.3, 0.4) is 0 Å². The first-order chi connectivity index (χ1) is 13.9. The number of hydrogen-bond donors (Lipinski definition) is 1. The summed E-state index contributed by atoms with van der Waals surface area (Å²) in [5, 5.41) is 2.97. The van der Waals surface area contributed by atoms with Gasteiger partial charge in [-0.2, -0.15) is 13.2 Å². The van der Waals surface area contributed by atoms with Crippen LogP contribution in [0.2, 0.25) is 0 Å². The monoisotopic (exact) mass is 407 g/mol. The molecule has 29 heavy (non-hydrogen) atoms. The van der Waals surface area contributed by atoms with Crippen LogP contribution in [0, 0.1) is 0 Å². The maximum atomic E-state index is 13.0. The summed E-state index contributed by atoms with van der Waals surface area (Å²) >= 11 is 0. The number of methoxy groups -OCH3 is 1. The molecule has 5 nitrogen and oxygen atoms in total. The predicted octanol–water partition coefficient (Wildman–Crippen LogP) is 3.85. The van der Waals surface area contributed by atoms with E-state index in [1.54, 1.807) is 42.3 Å². The molecule has 1 amide bonds. The third-order valence-corrected chi connectivity index (χ3v) is 4.90. The second-order valence-electron chi connectivity index (χ2n) is 6.88. The molecule has 1 heterocycles. The second-order valence-corrected chi connectivity index (χ2v) is 6.88. The fourth-order valence-electron chi connectivity index (χ4n) is 3.27. The first kappa shape index (κ1) is 21.1. The number of carbonyl (C=O) groups is 1. The lowest BCUT2D eigenvalue weighted by atomic mass is 10.1. The number of nitrogens with zero attached hydrogens (tertiary/aromatic N) is 2. The van der Waals surface area contributed by atoms with Crippen molar-refractivity contribution in [2.75, 3.05) is 51.8 Å². The van der Waals surface area contributed by atoms with Gasteiger partial charge in [-0.05, 0) is 30.3 Å². The van der Waals surface area contributed by atoms with Crippen LogP contribution in [0.25, 0.3) is 0 Å². The second kappa shape index (κ2) is 9.28. The largest absolute Gasteiger partial charge is 0.416 e. The van der Waals surface area contributed by atoms with Crippen LogP contribution in [0.15, 0.2) is 48.5 Å². The normalized spacial score (nSPS) is 15.4. The van der Waals surface area contributed by atoms with Crippen LogP contribution in [0.5, 0.6) is 0 Å². The average molecular weight is 407 g/mol. The zero-order valence-corrected chi connectivity index (χ0v) is 16.2. The lowest BCUT2D eigenvalue weighted by Gasteiger charge is -2.34. The standard InChI is InChI=1S/C21H24F3N3O2/c1-29-14-13-26-9-11-27(12-10-26)20(28)18-7-2-3-8-19(18)25-17-6-4-5-16(15-17)21(22,23)24/h2-8,15,25H,9-14H2,1H3. The predicted molar refractivity (Wildman–Crippen MR) is 105 cm³/mol. The summed E-state index contributed by atoms with van der Waals surface area (Å²) in [6, 6.07) is 11.8. The number of hydrogen-bond acceptors (Lipinski definition) is 4. The first-order valence-corrected chi connectivity index (χ1v) is 9.42. The van der Waals surface area contributed by atoms with Crippen LogP contribution < -0.4 is 5.32 Å². The lowest BCUT2D eigenvalue weighted by molar-refractivity contribution is -0.137. The van der Waals surface area contributed by atoms with E-state index in [0.717, 1.165) is 31.8 Å². The van der Waals surface area contributed by atoms with Crippen molar-refractivity contribution in [1.82, 2.24) is 9.80 Å². The van der Waals surface area contributed by atoms with Crippen molar-refractivity contribution in [1.29, 1.82) is 0 Å². The molecule has 0 saturated carbocycles. The number of carbonyl (C=O) groups excluding carboxylic acids is 1. The third-order valence-electron chi connectivity index (χ3n) is 4.90. The molecule has 0 unspecified atom stereocenters. The minimum atomic E-state index is -4.42. The Morgan fingerprint density at radius 1 is 1.07 bits per heavy atom. The molecular weight excluding hydrogens is 383 g/mol. The van der Waals surface area contributed by atoms with Gasteiger partial charge in [-0.3, -0.25) is 9.69 Å². The van der Waals surface area contributed by atoms with Gasteiger partial charge in [-0.25, -0.2) is 0 Å². The molecule has 1 fully saturated rings. The van der Waals surface area contributed by atoms with E-state index in [4.69, 9.17) is 4.74 Å². The minimum absolute atomic E-state index is 0.133. The van der Waals surface area contributed by atoms with Crippen LogP contribution in [0.1, 0.15) is 15.9 Å². The highest BCUT2D eigenvalue weighted by atomic mass is 19.4. The van der Waals surface area contributed by atoms with E-state index >= 15 is 0 Å². The van der Waals surface area contributed by atoms with E-state index in [2.05, 4.69) is 10.2 Å². The molecule has 156 valence electrons. The number of alkyl halides is 3. The van der Waals surface area contributed by atoms with E-state index in [0.29, 0.717) is 30.9 Å². The van der Waals surface area contributed by atoms with E-state index in [1.165, 1.54) is 6.07 Å². The Balaban J connectivity index is 1.72. The van der Waals surface area contributed by atoms with Crippen molar-refractivity contribution in [3.63, 3.8) is 0 Å². The summed E-state index contributed by atoms with van der Waals surface area (Å²) in [6.07, 6.45) is -4.42. The molecular formula is C21H24F3N3O2. The van der Waals surface area contributed by atoms with E-state index in [-0.39, 0.29) is 11.6 Å². The number of piperazine rings is 1. The summed E-state index contributed by atoms with van der Waals surface area (Å²) in [7, 11) is 1.66. The van der Waals surface area contributed by atoms with Crippen LogP contribution in [-0.4, -0.2) is 62.1 Å². The Labute approximate surface area is 168 Å². The van der Waals surface area contributed by atoms with Crippen molar-refractivity contribution < 1.29 is 22.7 Å². The van der Waals surface area contributed by atoms with Crippen LogP contribution in [-0.2, 0) is 10.9 Å². The van der Waals surface area contributed by atoms with Gasteiger partial charge in [0.05, 0.1) is 23.4 Å². The molecule has 0 aliphatic carbocycles. The van der Waals surface area contributed by atoms with Gasteiger partial charge in [-0.1, -0.05) is 18.2 Å². The summed E-state index contributed by atoms with van der Waals surface area (Å²) < 4.78 is 44.0. The van der Waals surface area contributed by atoms with Crippen LogP contribution in [0.4, 0.5) is 24.5 Å². The molecule has 1 saturated heterocycles. The van der Waals surface area contributed by atoms with Crippen molar-refractivity contribution >= 4 is 17.3 Å². The number of anilines is 2. The SMILES string of the molecule is COCCN1CCN(C(=O)c2ccccc2Nc2cccc(C(F)(F)F)c2)CC1. The molecule has 1 aliphatic heterocycles. The highest BCUT2D eigenvalue weighted by Gasteiger charge is 2.30. The maximum absolute atomic E-state index is 13.0. The van der Waals surface area contributed by atoms with Gasteiger partial charge in [0.15, 0.2) is 0 Å². The van der Waals surface area contributed by atoms with E-state index in [9.17, 15) is 18.0 Å². The lowest BCUT2D eigenvalue weighted by Crippen LogP contribution is -2.49. The number of para-hydroxylation sites is 1. The number of amides is 1. The summed E-state index contributed by atoms with van der Waals surface area (Å²) in [5.41, 5.74) is 0.469. The fourth-order valence-corrected chi connectivity index (χ4v) is 3.27.